The fourth-order valence-corrected chi connectivity index (χ4v) is 3.78. The first kappa shape index (κ1) is 17.7. The summed E-state index contributed by atoms with van der Waals surface area (Å²) in [4.78, 5) is 17.2. The molecule has 1 fully saturated rings. The van der Waals surface area contributed by atoms with Crippen molar-refractivity contribution in [1.82, 2.24) is 19.6 Å². The van der Waals surface area contributed by atoms with Crippen LogP contribution in [-0.2, 0) is 0 Å². The number of fused-ring (bicyclic) bond motifs is 1. The van der Waals surface area contributed by atoms with Crippen molar-refractivity contribution in [1.29, 1.82) is 0 Å². The monoisotopic (exact) mass is 362 g/mol. The molecule has 27 heavy (non-hydrogen) atoms. The molecule has 0 unspecified atom stereocenters. The Kier molecular flexibility index (Phi) is 4.70. The van der Waals surface area contributed by atoms with Gasteiger partial charge in [-0.25, -0.2) is 4.68 Å². The molecule has 1 aliphatic heterocycles. The summed E-state index contributed by atoms with van der Waals surface area (Å²) in [6, 6.07) is 16.6. The Balaban J connectivity index is 1.49. The van der Waals surface area contributed by atoms with E-state index in [0.29, 0.717) is 6.04 Å². The number of likely N-dealkylation sites (tertiary alicyclic amines) is 1. The van der Waals surface area contributed by atoms with Crippen LogP contribution < -0.4 is 0 Å². The summed E-state index contributed by atoms with van der Waals surface area (Å²) in [5.41, 5.74) is 2.64. The molecule has 1 amide bonds. The molecular formula is C22H26N4O. The van der Waals surface area contributed by atoms with Crippen molar-refractivity contribution >= 4 is 16.8 Å². The average Bonchev–Trinajstić information content (AvgIpc) is 3.34. The molecule has 2 heterocycles. The zero-order valence-corrected chi connectivity index (χ0v) is 16.2. The molecule has 0 N–H and O–H groups in total. The van der Waals surface area contributed by atoms with Gasteiger partial charge in [-0.15, -0.1) is 0 Å². The number of rotatable bonds is 4. The third kappa shape index (κ3) is 3.47. The van der Waals surface area contributed by atoms with E-state index in [1.807, 2.05) is 71.4 Å². The quantitative estimate of drug-likeness (QED) is 0.712. The summed E-state index contributed by atoms with van der Waals surface area (Å²) in [5, 5.41) is 5.70. The molecular weight excluding hydrogens is 336 g/mol. The highest BCUT2D eigenvalue weighted by molar-refractivity contribution is 5.94. The minimum Gasteiger partial charge on any atom is -0.337 e. The molecule has 1 saturated heterocycles. The molecule has 140 valence electrons. The first-order valence-electron chi connectivity index (χ1n) is 9.59. The van der Waals surface area contributed by atoms with Gasteiger partial charge >= 0.3 is 0 Å². The van der Waals surface area contributed by atoms with Crippen LogP contribution in [0.3, 0.4) is 0 Å². The van der Waals surface area contributed by atoms with Crippen LogP contribution >= 0.6 is 0 Å². The molecule has 0 spiro atoms. The van der Waals surface area contributed by atoms with E-state index >= 15 is 0 Å². The minimum atomic E-state index is 0.0859. The summed E-state index contributed by atoms with van der Waals surface area (Å²) in [7, 11) is 1.92. The van der Waals surface area contributed by atoms with Crippen LogP contribution in [0, 0.1) is 0 Å². The highest BCUT2D eigenvalue weighted by Crippen LogP contribution is 2.20. The van der Waals surface area contributed by atoms with Gasteiger partial charge in [-0.1, -0.05) is 18.2 Å². The molecule has 4 rings (SSSR count). The van der Waals surface area contributed by atoms with Gasteiger partial charge in [0.1, 0.15) is 0 Å². The van der Waals surface area contributed by atoms with E-state index in [0.717, 1.165) is 41.7 Å². The summed E-state index contributed by atoms with van der Waals surface area (Å²) < 4.78 is 1.86. The predicted molar refractivity (Wildman–Crippen MR) is 108 cm³/mol. The van der Waals surface area contributed by atoms with E-state index < -0.39 is 0 Å². The molecule has 0 aliphatic carbocycles. The summed E-state index contributed by atoms with van der Waals surface area (Å²) in [6.07, 6.45) is 3.05. The largest absolute Gasteiger partial charge is 0.337 e. The molecule has 0 saturated carbocycles. The number of likely N-dealkylation sites (N-methyl/N-ethyl adjacent to an activating group) is 1. The molecule has 1 aromatic heterocycles. The lowest BCUT2D eigenvalue weighted by Crippen LogP contribution is -2.40. The highest BCUT2D eigenvalue weighted by Gasteiger charge is 2.29. The maximum absolute atomic E-state index is 12.9. The number of hydrogen-bond acceptors (Lipinski definition) is 3. The third-order valence-electron chi connectivity index (χ3n) is 5.59. The van der Waals surface area contributed by atoms with Gasteiger partial charge in [-0.2, -0.15) is 5.10 Å². The lowest BCUT2D eigenvalue weighted by molar-refractivity contribution is 0.0732. The van der Waals surface area contributed by atoms with Gasteiger partial charge in [0, 0.05) is 49.4 Å². The normalized spacial score (nSPS) is 17.7. The van der Waals surface area contributed by atoms with Gasteiger partial charge in [0.2, 0.25) is 0 Å². The Bertz CT molecular complexity index is 911. The Morgan fingerprint density at radius 3 is 2.56 bits per heavy atom. The number of carbonyl (C=O) groups is 1. The smallest absolute Gasteiger partial charge is 0.253 e. The number of benzene rings is 2. The molecule has 2 aromatic carbocycles. The van der Waals surface area contributed by atoms with E-state index in [1.165, 1.54) is 0 Å². The van der Waals surface area contributed by atoms with Crippen LogP contribution in [-0.4, -0.2) is 57.7 Å². The van der Waals surface area contributed by atoms with Crippen LogP contribution in [0.25, 0.3) is 16.6 Å². The number of hydrogen-bond donors (Lipinski definition) is 0. The fraction of sp³-hybridized carbons (Fsp3) is 0.364. The Labute approximate surface area is 160 Å². The molecule has 1 aliphatic rings. The highest BCUT2D eigenvalue weighted by atomic mass is 16.2. The molecule has 0 bridgehead atoms. The van der Waals surface area contributed by atoms with E-state index in [4.69, 9.17) is 0 Å². The Hall–Kier alpha value is -2.66. The standard InChI is InChI=1S/C22H26N4O/c1-16(2)25-13-12-20(15-25)24(3)22(27)17-8-10-19(11-9-17)26-14-18-6-4-5-7-21(18)23-26/h4-11,14,16,20H,12-13,15H2,1-3H3/t20-/m1/s1. The van der Waals surface area contributed by atoms with Crippen molar-refractivity contribution in [2.45, 2.75) is 32.4 Å². The van der Waals surface area contributed by atoms with Gasteiger partial charge in [0.25, 0.3) is 5.91 Å². The van der Waals surface area contributed by atoms with Crippen LogP contribution in [0.2, 0.25) is 0 Å². The fourth-order valence-electron chi connectivity index (χ4n) is 3.78. The second-order valence-electron chi connectivity index (χ2n) is 7.63. The maximum Gasteiger partial charge on any atom is 0.253 e. The van der Waals surface area contributed by atoms with Gasteiger partial charge in [-0.3, -0.25) is 9.69 Å². The zero-order valence-electron chi connectivity index (χ0n) is 16.2. The SMILES string of the molecule is CC(C)N1CC[C@@H](N(C)C(=O)c2ccc(-n3cc4ccccc4n3)cc2)C1. The van der Waals surface area contributed by atoms with Crippen molar-refractivity contribution in [2.24, 2.45) is 0 Å². The van der Waals surface area contributed by atoms with E-state index in [2.05, 4.69) is 23.8 Å². The topological polar surface area (TPSA) is 41.4 Å². The van der Waals surface area contributed by atoms with Crippen LogP contribution in [0.5, 0.6) is 0 Å². The predicted octanol–water partition coefficient (Wildman–Crippen LogP) is 3.58. The van der Waals surface area contributed by atoms with E-state index in [-0.39, 0.29) is 11.9 Å². The van der Waals surface area contributed by atoms with Crippen molar-refractivity contribution in [3.05, 3.63) is 60.3 Å². The van der Waals surface area contributed by atoms with Gasteiger partial charge in [0.15, 0.2) is 0 Å². The Morgan fingerprint density at radius 1 is 1.15 bits per heavy atom. The van der Waals surface area contributed by atoms with E-state index in [9.17, 15) is 4.79 Å². The molecule has 3 aromatic rings. The number of carbonyl (C=O) groups excluding carboxylic acids is 1. The van der Waals surface area contributed by atoms with Crippen molar-refractivity contribution in [2.75, 3.05) is 20.1 Å². The number of amides is 1. The average molecular weight is 362 g/mol. The maximum atomic E-state index is 12.9. The van der Waals surface area contributed by atoms with Crippen LogP contribution in [0.15, 0.2) is 54.7 Å². The summed E-state index contributed by atoms with van der Waals surface area (Å²) in [6.45, 7) is 6.44. The zero-order chi connectivity index (χ0) is 19.0. The second-order valence-corrected chi connectivity index (χ2v) is 7.63. The molecule has 0 radical (unpaired) electrons. The summed E-state index contributed by atoms with van der Waals surface area (Å²) >= 11 is 0. The van der Waals surface area contributed by atoms with Crippen molar-refractivity contribution in [3.8, 4) is 5.69 Å². The van der Waals surface area contributed by atoms with Crippen molar-refractivity contribution in [3.63, 3.8) is 0 Å². The van der Waals surface area contributed by atoms with Crippen molar-refractivity contribution < 1.29 is 4.79 Å². The third-order valence-corrected chi connectivity index (χ3v) is 5.59. The number of aromatic nitrogens is 2. The summed E-state index contributed by atoms with van der Waals surface area (Å²) in [5.74, 6) is 0.0859. The molecule has 5 heteroatoms. The first-order valence-corrected chi connectivity index (χ1v) is 9.59. The lowest BCUT2D eigenvalue weighted by Gasteiger charge is -2.26. The first-order chi connectivity index (χ1) is 13.0. The molecule has 1 atom stereocenters. The minimum absolute atomic E-state index is 0.0859. The van der Waals surface area contributed by atoms with Gasteiger partial charge < -0.3 is 4.90 Å². The molecule has 5 nitrogen and oxygen atoms in total. The van der Waals surface area contributed by atoms with Gasteiger partial charge in [-0.05, 0) is 50.6 Å². The second kappa shape index (κ2) is 7.16. The lowest BCUT2D eigenvalue weighted by atomic mass is 10.1. The number of nitrogens with zero attached hydrogens (tertiary/aromatic N) is 4. The van der Waals surface area contributed by atoms with Crippen LogP contribution in [0.4, 0.5) is 0 Å². The van der Waals surface area contributed by atoms with Gasteiger partial charge in [0.05, 0.1) is 11.2 Å². The van der Waals surface area contributed by atoms with Crippen LogP contribution in [0.1, 0.15) is 30.6 Å². The van der Waals surface area contributed by atoms with E-state index in [1.54, 1.807) is 0 Å². The Morgan fingerprint density at radius 2 is 1.89 bits per heavy atom.